The topological polar surface area (TPSA) is 85.5 Å². The summed E-state index contributed by atoms with van der Waals surface area (Å²) >= 11 is 0. The quantitative estimate of drug-likeness (QED) is 0.713. The highest BCUT2D eigenvalue weighted by molar-refractivity contribution is 5.87. The van der Waals surface area contributed by atoms with Crippen molar-refractivity contribution < 1.29 is 19.3 Å². The van der Waals surface area contributed by atoms with Gasteiger partial charge in [0.25, 0.3) is 11.6 Å². The molecule has 0 aliphatic rings. The average Bonchev–Trinajstić information content (AvgIpc) is 2.48. The van der Waals surface area contributed by atoms with Gasteiger partial charge < -0.3 is 9.84 Å². The van der Waals surface area contributed by atoms with Gasteiger partial charge in [-0.2, -0.15) is 0 Å². The number of aromatic carboxylic acids is 1. The molecule has 0 unspecified atom stereocenters. The summed E-state index contributed by atoms with van der Waals surface area (Å²) in [6.07, 6.45) is 0.770. The lowest BCUT2D eigenvalue weighted by atomic mass is 10.4. The summed E-state index contributed by atoms with van der Waals surface area (Å²) in [6.45, 7) is 2.29. The van der Waals surface area contributed by atoms with Gasteiger partial charge in [-0.25, -0.2) is 9.42 Å². The highest BCUT2D eigenvalue weighted by Gasteiger charge is 2.17. The third-order valence-electron chi connectivity index (χ3n) is 1.10. The molecule has 0 radical (unpaired) electrons. The van der Waals surface area contributed by atoms with Crippen LogP contribution in [0.1, 0.15) is 23.8 Å². The lowest BCUT2D eigenvalue weighted by molar-refractivity contribution is 0.0681. The Kier molecular flexibility index (Phi) is 2.62. The van der Waals surface area contributed by atoms with Crippen molar-refractivity contribution in [1.82, 2.24) is 10.3 Å². The molecular formula is C6H8N2O4. The first-order valence-corrected chi connectivity index (χ1v) is 3.44. The number of nitrogens with zero attached hydrogens (tertiary/aromatic N) is 2. The van der Waals surface area contributed by atoms with Crippen LogP contribution in [0.3, 0.4) is 0 Å². The van der Waals surface area contributed by atoms with E-state index in [1.165, 1.54) is 0 Å². The maximum absolute atomic E-state index is 10.4. The summed E-state index contributed by atoms with van der Waals surface area (Å²) in [4.78, 5) is 10.4. The van der Waals surface area contributed by atoms with Crippen LogP contribution in [-0.2, 0) is 0 Å². The molecule has 1 aromatic rings. The number of hydrogen-bond acceptors (Lipinski definition) is 5. The van der Waals surface area contributed by atoms with E-state index in [9.17, 15) is 4.79 Å². The monoisotopic (exact) mass is 172 g/mol. The molecule has 6 heteroatoms. The molecule has 0 aliphatic carbocycles. The summed E-state index contributed by atoms with van der Waals surface area (Å²) in [6, 6.07) is 0. The molecule has 1 rings (SSSR count). The first-order chi connectivity index (χ1) is 5.75. The van der Waals surface area contributed by atoms with E-state index in [4.69, 9.17) is 9.84 Å². The maximum Gasteiger partial charge on any atom is 0.363 e. The molecule has 66 valence electrons. The lowest BCUT2D eigenvalue weighted by Gasteiger charge is -1.97. The number of rotatable bonds is 4. The molecule has 1 N–H and O–H groups in total. The van der Waals surface area contributed by atoms with Crippen molar-refractivity contribution in [3.8, 4) is 5.88 Å². The van der Waals surface area contributed by atoms with Gasteiger partial charge in [0.2, 0.25) is 0 Å². The van der Waals surface area contributed by atoms with Crippen LogP contribution in [-0.4, -0.2) is 28.0 Å². The maximum atomic E-state index is 10.4. The Bertz CT molecular complexity index is 270. The van der Waals surface area contributed by atoms with E-state index in [0.717, 1.165) is 6.42 Å². The van der Waals surface area contributed by atoms with E-state index in [-0.39, 0.29) is 11.6 Å². The normalized spacial score (nSPS) is 9.75. The summed E-state index contributed by atoms with van der Waals surface area (Å²) < 4.78 is 9.14. The average molecular weight is 172 g/mol. The van der Waals surface area contributed by atoms with Crippen LogP contribution in [0.4, 0.5) is 0 Å². The van der Waals surface area contributed by atoms with Gasteiger partial charge in [0.15, 0.2) is 0 Å². The molecule has 6 nitrogen and oxygen atoms in total. The molecule has 0 spiro atoms. The highest BCUT2D eigenvalue weighted by Crippen LogP contribution is 2.11. The van der Waals surface area contributed by atoms with Crippen LogP contribution in [0.15, 0.2) is 4.63 Å². The van der Waals surface area contributed by atoms with Crippen LogP contribution < -0.4 is 4.74 Å². The van der Waals surface area contributed by atoms with Crippen molar-refractivity contribution in [1.29, 1.82) is 0 Å². The van der Waals surface area contributed by atoms with E-state index in [2.05, 4.69) is 14.9 Å². The molecule has 0 aliphatic heterocycles. The Balaban J connectivity index is 2.70. The van der Waals surface area contributed by atoms with Gasteiger partial charge in [-0.05, 0) is 16.7 Å². The third kappa shape index (κ3) is 1.71. The summed E-state index contributed by atoms with van der Waals surface area (Å²) in [5.74, 6) is -1.27. The second-order valence-corrected chi connectivity index (χ2v) is 2.07. The molecule has 1 heterocycles. The zero-order valence-electron chi connectivity index (χ0n) is 6.48. The number of carboxylic acids is 1. The van der Waals surface area contributed by atoms with Crippen molar-refractivity contribution >= 4 is 5.97 Å². The molecule has 12 heavy (non-hydrogen) atoms. The number of hydrogen-bond donors (Lipinski definition) is 1. The number of carbonyl (C=O) groups is 1. The summed E-state index contributed by atoms with van der Waals surface area (Å²) in [7, 11) is 0. The van der Waals surface area contributed by atoms with Gasteiger partial charge in [-0.3, -0.25) is 0 Å². The lowest BCUT2D eigenvalue weighted by Crippen LogP contribution is -2.03. The minimum absolute atomic E-state index is 0.0654. The minimum atomic E-state index is -1.21. The molecule has 0 amide bonds. The first kappa shape index (κ1) is 8.51. The predicted molar refractivity (Wildman–Crippen MR) is 37.0 cm³/mol. The van der Waals surface area contributed by atoms with Gasteiger partial charge in [-0.15, -0.1) is 0 Å². The van der Waals surface area contributed by atoms with Gasteiger partial charge in [0, 0.05) is 0 Å². The van der Waals surface area contributed by atoms with E-state index >= 15 is 0 Å². The standard InChI is InChI=1S/C6H8N2O4/c1-2-3-11-5-4(6(9)10)7-12-8-5/h2-3H2,1H3,(H,9,10). The van der Waals surface area contributed by atoms with Crippen LogP contribution in [0.2, 0.25) is 0 Å². The van der Waals surface area contributed by atoms with Crippen LogP contribution in [0, 0.1) is 0 Å². The molecular weight excluding hydrogens is 164 g/mol. The summed E-state index contributed by atoms with van der Waals surface area (Å²) in [5, 5.41) is 15.0. The largest absolute Gasteiger partial charge is 0.476 e. The van der Waals surface area contributed by atoms with Crippen molar-refractivity contribution in [2.75, 3.05) is 6.61 Å². The highest BCUT2D eigenvalue weighted by atomic mass is 16.6. The van der Waals surface area contributed by atoms with Gasteiger partial charge in [-0.1, -0.05) is 6.92 Å². The van der Waals surface area contributed by atoms with E-state index in [1.807, 2.05) is 6.92 Å². The van der Waals surface area contributed by atoms with E-state index in [1.54, 1.807) is 0 Å². The smallest absolute Gasteiger partial charge is 0.363 e. The van der Waals surface area contributed by atoms with E-state index in [0.29, 0.717) is 6.61 Å². The Labute approximate surface area is 68.1 Å². The first-order valence-electron chi connectivity index (χ1n) is 3.44. The SMILES string of the molecule is CCCOc1nonc1C(=O)O. The van der Waals surface area contributed by atoms with Crippen molar-refractivity contribution in [3.05, 3.63) is 5.69 Å². The third-order valence-corrected chi connectivity index (χ3v) is 1.10. The van der Waals surface area contributed by atoms with Gasteiger partial charge >= 0.3 is 5.97 Å². The Morgan fingerprint density at radius 3 is 3.00 bits per heavy atom. The molecule has 0 fully saturated rings. The van der Waals surface area contributed by atoms with E-state index < -0.39 is 5.97 Å². The fourth-order valence-electron chi connectivity index (χ4n) is 0.605. The minimum Gasteiger partial charge on any atom is -0.476 e. The Morgan fingerprint density at radius 2 is 2.42 bits per heavy atom. The van der Waals surface area contributed by atoms with Crippen molar-refractivity contribution in [3.63, 3.8) is 0 Å². The second kappa shape index (κ2) is 3.70. The van der Waals surface area contributed by atoms with Crippen LogP contribution >= 0.6 is 0 Å². The fourth-order valence-corrected chi connectivity index (χ4v) is 0.605. The molecule has 0 atom stereocenters. The molecule has 0 bridgehead atoms. The Morgan fingerprint density at radius 1 is 1.67 bits per heavy atom. The number of aromatic nitrogens is 2. The van der Waals surface area contributed by atoms with Gasteiger partial charge in [0.1, 0.15) is 0 Å². The molecule has 1 aromatic heterocycles. The predicted octanol–water partition coefficient (Wildman–Crippen LogP) is 0.557. The number of ether oxygens (including phenoxy) is 1. The summed E-state index contributed by atoms with van der Waals surface area (Å²) in [5.41, 5.74) is -0.288. The molecule has 0 aromatic carbocycles. The second-order valence-electron chi connectivity index (χ2n) is 2.07. The molecule has 0 saturated heterocycles. The Hall–Kier alpha value is -1.59. The molecule has 0 saturated carbocycles. The van der Waals surface area contributed by atoms with Crippen molar-refractivity contribution in [2.24, 2.45) is 0 Å². The van der Waals surface area contributed by atoms with Crippen LogP contribution in [0.5, 0.6) is 5.88 Å². The van der Waals surface area contributed by atoms with Gasteiger partial charge in [0.05, 0.1) is 6.61 Å². The number of carboxylic acid groups (broad SMARTS) is 1. The van der Waals surface area contributed by atoms with Crippen LogP contribution in [0.25, 0.3) is 0 Å². The van der Waals surface area contributed by atoms with Crippen molar-refractivity contribution in [2.45, 2.75) is 13.3 Å². The fraction of sp³-hybridized carbons (Fsp3) is 0.500. The zero-order chi connectivity index (χ0) is 8.97. The zero-order valence-corrected chi connectivity index (χ0v) is 6.48.